The fourth-order valence-electron chi connectivity index (χ4n) is 2.14. The lowest BCUT2D eigenvalue weighted by atomic mass is 10.1. The third-order valence-corrected chi connectivity index (χ3v) is 3.28. The molecule has 1 atom stereocenters. The minimum absolute atomic E-state index is 0.0549. The molecule has 1 aliphatic carbocycles. The first-order valence-electron chi connectivity index (χ1n) is 6.16. The Morgan fingerprint density at radius 1 is 1.44 bits per heavy atom. The van der Waals surface area contributed by atoms with Crippen molar-refractivity contribution in [3.8, 4) is 17.2 Å². The van der Waals surface area contributed by atoms with Crippen LogP contribution < -0.4 is 19.5 Å². The van der Waals surface area contributed by atoms with E-state index in [0.717, 1.165) is 5.56 Å². The monoisotopic (exact) mass is 251 g/mol. The molecule has 0 bridgehead atoms. The maximum atomic E-state index is 9.49. The molecule has 1 heterocycles. The molecule has 2 N–H and O–H groups in total. The molecule has 0 saturated heterocycles. The van der Waals surface area contributed by atoms with E-state index in [2.05, 4.69) is 5.32 Å². The Balaban J connectivity index is 1.90. The Morgan fingerprint density at radius 2 is 2.28 bits per heavy atom. The molecule has 0 radical (unpaired) electrons. The average molecular weight is 251 g/mol. The van der Waals surface area contributed by atoms with E-state index in [1.807, 2.05) is 12.1 Å². The highest BCUT2D eigenvalue weighted by Crippen LogP contribution is 2.43. The summed E-state index contributed by atoms with van der Waals surface area (Å²) in [6, 6.07) is 4.24. The highest BCUT2D eigenvalue weighted by molar-refractivity contribution is 5.55. The number of rotatable bonds is 5. The van der Waals surface area contributed by atoms with Crippen molar-refractivity contribution in [1.29, 1.82) is 0 Å². The van der Waals surface area contributed by atoms with E-state index in [9.17, 15) is 5.11 Å². The zero-order valence-electron chi connectivity index (χ0n) is 10.3. The summed E-state index contributed by atoms with van der Waals surface area (Å²) in [4.78, 5) is 0. The molecule has 1 unspecified atom stereocenters. The number of aliphatic hydroxyl groups is 1. The molecule has 1 aromatic carbocycles. The van der Waals surface area contributed by atoms with Crippen LogP contribution in [0.4, 0.5) is 0 Å². The second kappa shape index (κ2) is 4.66. The van der Waals surface area contributed by atoms with Crippen LogP contribution in [0.3, 0.4) is 0 Å². The molecule has 0 spiro atoms. The summed E-state index contributed by atoms with van der Waals surface area (Å²) in [6.07, 6.45) is 2.36. The van der Waals surface area contributed by atoms with Gasteiger partial charge in [-0.25, -0.2) is 0 Å². The second-order valence-electron chi connectivity index (χ2n) is 4.63. The zero-order valence-corrected chi connectivity index (χ0v) is 10.3. The summed E-state index contributed by atoms with van der Waals surface area (Å²) in [5.41, 5.74) is 0.963. The van der Waals surface area contributed by atoms with Crippen molar-refractivity contribution in [3.63, 3.8) is 0 Å². The topological polar surface area (TPSA) is 60.0 Å². The van der Waals surface area contributed by atoms with E-state index >= 15 is 0 Å². The minimum Gasteiger partial charge on any atom is -0.493 e. The quantitative estimate of drug-likeness (QED) is 0.823. The van der Waals surface area contributed by atoms with E-state index in [4.69, 9.17) is 14.2 Å². The van der Waals surface area contributed by atoms with Crippen LogP contribution in [-0.2, 0) is 0 Å². The number of ether oxygens (including phenoxy) is 3. The van der Waals surface area contributed by atoms with Gasteiger partial charge in [0, 0.05) is 6.04 Å². The van der Waals surface area contributed by atoms with Gasteiger partial charge in [0.2, 0.25) is 12.5 Å². The molecule has 5 heteroatoms. The molecule has 18 heavy (non-hydrogen) atoms. The molecule has 5 nitrogen and oxygen atoms in total. The molecular formula is C13H17NO4. The van der Waals surface area contributed by atoms with Crippen LogP contribution in [0.15, 0.2) is 12.1 Å². The van der Waals surface area contributed by atoms with Gasteiger partial charge in [-0.3, -0.25) is 0 Å². The van der Waals surface area contributed by atoms with Crippen molar-refractivity contribution in [2.45, 2.75) is 24.9 Å². The molecular weight excluding hydrogens is 234 g/mol. The van der Waals surface area contributed by atoms with Crippen molar-refractivity contribution < 1.29 is 19.3 Å². The van der Waals surface area contributed by atoms with Gasteiger partial charge in [-0.05, 0) is 30.5 Å². The van der Waals surface area contributed by atoms with Crippen molar-refractivity contribution in [3.05, 3.63) is 17.7 Å². The largest absolute Gasteiger partial charge is 0.493 e. The molecule has 2 aliphatic rings. The fourth-order valence-corrected chi connectivity index (χ4v) is 2.14. The van der Waals surface area contributed by atoms with Crippen LogP contribution in [0, 0.1) is 0 Å². The van der Waals surface area contributed by atoms with Gasteiger partial charge in [-0.1, -0.05) is 0 Å². The van der Waals surface area contributed by atoms with Crippen LogP contribution in [-0.4, -0.2) is 31.7 Å². The first-order chi connectivity index (χ1) is 8.81. The second-order valence-corrected chi connectivity index (χ2v) is 4.63. The van der Waals surface area contributed by atoms with Crippen LogP contribution in [0.1, 0.15) is 24.4 Å². The summed E-state index contributed by atoms with van der Waals surface area (Å²) in [7, 11) is 1.60. The van der Waals surface area contributed by atoms with Crippen molar-refractivity contribution in [1.82, 2.24) is 5.32 Å². The number of hydrogen-bond donors (Lipinski definition) is 2. The first-order valence-corrected chi connectivity index (χ1v) is 6.16. The van der Waals surface area contributed by atoms with E-state index in [1.54, 1.807) is 7.11 Å². The maximum Gasteiger partial charge on any atom is 0.231 e. The molecule has 1 saturated carbocycles. The smallest absolute Gasteiger partial charge is 0.231 e. The van der Waals surface area contributed by atoms with Crippen LogP contribution in [0.25, 0.3) is 0 Å². The zero-order chi connectivity index (χ0) is 12.5. The number of hydrogen-bond acceptors (Lipinski definition) is 5. The van der Waals surface area contributed by atoms with E-state index in [1.165, 1.54) is 12.8 Å². The lowest BCUT2D eigenvalue weighted by Crippen LogP contribution is -2.26. The average Bonchev–Trinajstić information content (AvgIpc) is 3.09. The third kappa shape index (κ3) is 2.11. The highest BCUT2D eigenvalue weighted by atomic mass is 16.7. The van der Waals surface area contributed by atoms with Gasteiger partial charge in [-0.2, -0.15) is 0 Å². The maximum absolute atomic E-state index is 9.49. The van der Waals surface area contributed by atoms with Gasteiger partial charge < -0.3 is 24.6 Å². The summed E-state index contributed by atoms with van der Waals surface area (Å²) in [5, 5.41) is 12.9. The number of fused-ring (bicyclic) bond motifs is 1. The SMILES string of the molecule is COc1cc(C(CO)NC2CC2)cc2c1OCO2. The van der Waals surface area contributed by atoms with E-state index < -0.39 is 0 Å². The number of benzene rings is 1. The lowest BCUT2D eigenvalue weighted by molar-refractivity contribution is 0.171. The Morgan fingerprint density at radius 3 is 2.94 bits per heavy atom. The predicted molar refractivity (Wildman–Crippen MR) is 65.1 cm³/mol. The number of methoxy groups -OCH3 is 1. The normalized spacial score (nSPS) is 18.8. The number of nitrogens with one attached hydrogen (secondary N) is 1. The number of aliphatic hydroxyl groups excluding tert-OH is 1. The summed E-state index contributed by atoms with van der Waals surface area (Å²) in [6.45, 7) is 0.272. The summed E-state index contributed by atoms with van der Waals surface area (Å²) in [5.74, 6) is 1.97. The Kier molecular flexibility index (Phi) is 3.01. The molecule has 0 amide bonds. The van der Waals surface area contributed by atoms with Crippen molar-refractivity contribution >= 4 is 0 Å². The summed E-state index contributed by atoms with van der Waals surface area (Å²) >= 11 is 0. The van der Waals surface area contributed by atoms with E-state index in [0.29, 0.717) is 23.3 Å². The van der Waals surface area contributed by atoms with Crippen LogP contribution >= 0.6 is 0 Å². The van der Waals surface area contributed by atoms with Gasteiger partial charge in [0.05, 0.1) is 19.8 Å². The molecule has 3 rings (SSSR count). The molecule has 0 aromatic heterocycles. The highest BCUT2D eigenvalue weighted by Gasteiger charge is 2.27. The predicted octanol–water partition coefficient (Wildman–Crippen LogP) is 1.21. The Labute approximate surface area is 106 Å². The summed E-state index contributed by atoms with van der Waals surface area (Å²) < 4.78 is 16.0. The fraction of sp³-hybridized carbons (Fsp3) is 0.538. The van der Waals surface area contributed by atoms with Crippen LogP contribution in [0.5, 0.6) is 17.2 Å². The van der Waals surface area contributed by atoms with Gasteiger partial charge >= 0.3 is 0 Å². The Hall–Kier alpha value is -1.46. The van der Waals surface area contributed by atoms with E-state index in [-0.39, 0.29) is 19.4 Å². The molecule has 1 aliphatic heterocycles. The Bertz CT molecular complexity index is 445. The minimum atomic E-state index is -0.0825. The van der Waals surface area contributed by atoms with Gasteiger partial charge in [0.1, 0.15) is 0 Å². The van der Waals surface area contributed by atoms with Gasteiger partial charge in [0.25, 0.3) is 0 Å². The first kappa shape index (κ1) is 11.6. The molecule has 98 valence electrons. The molecule has 1 aromatic rings. The van der Waals surface area contributed by atoms with Gasteiger partial charge in [-0.15, -0.1) is 0 Å². The third-order valence-electron chi connectivity index (χ3n) is 3.28. The molecule has 1 fully saturated rings. The van der Waals surface area contributed by atoms with Crippen molar-refractivity contribution in [2.24, 2.45) is 0 Å². The lowest BCUT2D eigenvalue weighted by Gasteiger charge is -2.18. The van der Waals surface area contributed by atoms with Crippen molar-refractivity contribution in [2.75, 3.05) is 20.5 Å². The van der Waals surface area contributed by atoms with Crippen LogP contribution in [0.2, 0.25) is 0 Å². The van der Waals surface area contributed by atoms with Gasteiger partial charge in [0.15, 0.2) is 11.5 Å². The standard InChI is InChI=1S/C13H17NO4/c1-16-11-4-8(5-12-13(11)18-7-17-12)10(6-15)14-9-2-3-9/h4-5,9-10,14-15H,2-3,6-7H2,1H3.